The summed E-state index contributed by atoms with van der Waals surface area (Å²) in [6.07, 6.45) is 1.37. The van der Waals surface area contributed by atoms with Crippen LogP contribution >= 0.6 is 11.8 Å². The highest BCUT2D eigenvalue weighted by Crippen LogP contribution is 2.30. The molecule has 1 aromatic carbocycles. The molecule has 1 heterocycles. The normalized spacial score (nSPS) is 18.6. The van der Waals surface area contributed by atoms with E-state index >= 15 is 0 Å². The smallest absolute Gasteiger partial charge is 0.243 e. The number of carbonyl (C=O) groups excluding carboxylic acids is 1. The summed E-state index contributed by atoms with van der Waals surface area (Å²) in [6.45, 7) is 0. The summed E-state index contributed by atoms with van der Waals surface area (Å²) in [4.78, 5) is 11.6. The van der Waals surface area contributed by atoms with Crippen LogP contribution in [-0.4, -0.2) is 23.0 Å². The monoisotopic (exact) mass is 254 g/mol. The second-order valence-corrected chi connectivity index (χ2v) is 5.42. The first-order valence-electron chi connectivity index (χ1n) is 5.54. The van der Waals surface area contributed by atoms with E-state index in [0.29, 0.717) is 18.5 Å². The first-order valence-corrected chi connectivity index (χ1v) is 6.69. The summed E-state index contributed by atoms with van der Waals surface area (Å²) >= 11 is 1.81. The quantitative estimate of drug-likeness (QED) is 0.867. The molecular formula is C12H15FN2OS. The minimum absolute atomic E-state index is 0.320. The standard InChI is InChI=1S/C12H15FN2OS/c13-9-2-1-3-10(8-9)15-12(11(14)16)4-6-17-7-5-12/h1-3,8,15H,4-7H2,(H2,14,16). The van der Waals surface area contributed by atoms with Crippen LogP contribution < -0.4 is 11.1 Å². The lowest BCUT2D eigenvalue weighted by Gasteiger charge is -2.35. The van der Waals surface area contributed by atoms with Crippen LogP contribution in [0.25, 0.3) is 0 Å². The Kier molecular flexibility index (Phi) is 3.57. The van der Waals surface area contributed by atoms with Crippen molar-refractivity contribution in [3.05, 3.63) is 30.1 Å². The fourth-order valence-corrected chi connectivity index (χ4v) is 3.19. The Labute approximate surface area is 104 Å². The van der Waals surface area contributed by atoms with Crippen LogP contribution in [0.5, 0.6) is 0 Å². The zero-order chi connectivity index (χ0) is 12.3. The Morgan fingerprint density at radius 3 is 2.71 bits per heavy atom. The first kappa shape index (κ1) is 12.2. The average molecular weight is 254 g/mol. The van der Waals surface area contributed by atoms with Crippen molar-refractivity contribution >= 4 is 23.4 Å². The molecule has 0 spiro atoms. The Hall–Kier alpha value is -1.23. The second kappa shape index (κ2) is 4.96. The molecule has 3 N–H and O–H groups in total. The van der Waals surface area contributed by atoms with E-state index in [1.165, 1.54) is 12.1 Å². The highest BCUT2D eigenvalue weighted by molar-refractivity contribution is 7.99. The van der Waals surface area contributed by atoms with Gasteiger partial charge in [-0.15, -0.1) is 0 Å². The molecular weight excluding hydrogens is 239 g/mol. The summed E-state index contributed by atoms with van der Waals surface area (Å²) in [5.41, 5.74) is 5.37. The van der Waals surface area contributed by atoms with Crippen LogP contribution in [-0.2, 0) is 4.79 Å². The van der Waals surface area contributed by atoms with Crippen LogP contribution in [0.2, 0.25) is 0 Å². The van der Waals surface area contributed by atoms with E-state index in [-0.39, 0.29) is 11.7 Å². The SMILES string of the molecule is NC(=O)C1(Nc2cccc(F)c2)CCSCC1. The van der Waals surface area contributed by atoms with Gasteiger partial charge in [0.1, 0.15) is 11.4 Å². The Balaban J connectivity index is 2.20. The fourth-order valence-electron chi connectivity index (χ4n) is 2.00. The van der Waals surface area contributed by atoms with Gasteiger partial charge in [-0.25, -0.2) is 4.39 Å². The molecule has 1 aromatic rings. The molecule has 0 bridgehead atoms. The average Bonchev–Trinajstić information content (AvgIpc) is 2.30. The molecule has 1 saturated heterocycles. The van der Waals surface area contributed by atoms with Crippen molar-refractivity contribution in [2.24, 2.45) is 5.73 Å². The van der Waals surface area contributed by atoms with Gasteiger partial charge in [-0.2, -0.15) is 11.8 Å². The molecule has 5 heteroatoms. The molecule has 1 fully saturated rings. The fraction of sp³-hybridized carbons (Fsp3) is 0.417. The van der Waals surface area contributed by atoms with Gasteiger partial charge in [0.25, 0.3) is 0 Å². The van der Waals surface area contributed by atoms with E-state index in [4.69, 9.17) is 5.73 Å². The maximum Gasteiger partial charge on any atom is 0.243 e. The number of nitrogens with two attached hydrogens (primary N) is 1. The van der Waals surface area contributed by atoms with Gasteiger partial charge in [0.15, 0.2) is 0 Å². The van der Waals surface area contributed by atoms with E-state index in [9.17, 15) is 9.18 Å². The minimum Gasteiger partial charge on any atom is -0.371 e. The molecule has 0 saturated carbocycles. The van der Waals surface area contributed by atoms with Crippen molar-refractivity contribution < 1.29 is 9.18 Å². The Morgan fingerprint density at radius 2 is 2.12 bits per heavy atom. The van der Waals surface area contributed by atoms with E-state index in [1.54, 1.807) is 23.9 Å². The third kappa shape index (κ3) is 2.72. The van der Waals surface area contributed by atoms with Crippen LogP contribution in [0.3, 0.4) is 0 Å². The molecule has 0 radical (unpaired) electrons. The highest BCUT2D eigenvalue weighted by atomic mass is 32.2. The van der Waals surface area contributed by atoms with Crippen molar-refractivity contribution in [2.75, 3.05) is 16.8 Å². The van der Waals surface area contributed by atoms with E-state index in [0.717, 1.165) is 11.5 Å². The summed E-state index contributed by atoms with van der Waals surface area (Å²) in [7, 11) is 0. The molecule has 1 amide bonds. The van der Waals surface area contributed by atoms with Crippen LogP contribution in [0, 0.1) is 5.82 Å². The zero-order valence-electron chi connectivity index (χ0n) is 9.41. The topological polar surface area (TPSA) is 55.1 Å². The Morgan fingerprint density at radius 1 is 1.41 bits per heavy atom. The van der Waals surface area contributed by atoms with Gasteiger partial charge in [-0.05, 0) is 42.5 Å². The summed E-state index contributed by atoms with van der Waals surface area (Å²) in [6, 6.07) is 6.12. The predicted octanol–water partition coefficient (Wildman–Crippen LogP) is 1.99. The van der Waals surface area contributed by atoms with Crippen molar-refractivity contribution in [3.8, 4) is 0 Å². The van der Waals surface area contributed by atoms with Gasteiger partial charge < -0.3 is 11.1 Å². The van der Waals surface area contributed by atoms with Gasteiger partial charge in [-0.1, -0.05) is 6.07 Å². The predicted molar refractivity (Wildman–Crippen MR) is 68.5 cm³/mol. The number of thioether (sulfide) groups is 1. The number of anilines is 1. The zero-order valence-corrected chi connectivity index (χ0v) is 10.2. The third-order valence-electron chi connectivity index (χ3n) is 3.03. The van der Waals surface area contributed by atoms with E-state index in [1.807, 2.05) is 0 Å². The van der Waals surface area contributed by atoms with Crippen LogP contribution in [0.1, 0.15) is 12.8 Å². The highest BCUT2D eigenvalue weighted by Gasteiger charge is 2.38. The largest absolute Gasteiger partial charge is 0.371 e. The molecule has 92 valence electrons. The molecule has 0 atom stereocenters. The molecule has 0 aromatic heterocycles. The minimum atomic E-state index is -0.723. The van der Waals surface area contributed by atoms with E-state index in [2.05, 4.69) is 5.32 Å². The van der Waals surface area contributed by atoms with E-state index < -0.39 is 5.54 Å². The number of benzene rings is 1. The van der Waals surface area contributed by atoms with Gasteiger partial charge in [-0.3, -0.25) is 4.79 Å². The van der Waals surface area contributed by atoms with Gasteiger partial charge >= 0.3 is 0 Å². The number of hydrogen-bond donors (Lipinski definition) is 2. The summed E-state index contributed by atoms with van der Waals surface area (Å²) in [5, 5.41) is 3.11. The number of amides is 1. The second-order valence-electron chi connectivity index (χ2n) is 4.19. The molecule has 2 rings (SSSR count). The van der Waals surface area contributed by atoms with Crippen LogP contribution in [0.4, 0.5) is 10.1 Å². The Bertz CT molecular complexity index is 419. The maximum absolute atomic E-state index is 13.1. The summed E-state index contributed by atoms with van der Waals surface area (Å²) < 4.78 is 13.1. The molecule has 17 heavy (non-hydrogen) atoms. The number of primary amides is 1. The lowest BCUT2D eigenvalue weighted by Crippen LogP contribution is -2.52. The molecule has 1 aliphatic rings. The van der Waals surface area contributed by atoms with Gasteiger partial charge in [0.2, 0.25) is 5.91 Å². The molecule has 3 nitrogen and oxygen atoms in total. The lowest BCUT2D eigenvalue weighted by atomic mass is 9.91. The van der Waals surface area contributed by atoms with Crippen molar-refractivity contribution in [3.63, 3.8) is 0 Å². The summed E-state index contributed by atoms with van der Waals surface area (Å²) in [5.74, 6) is 1.11. The van der Waals surface area contributed by atoms with Crippen molar-refractivity contribution in [1.82, 2.24) is 0 Å². The maximum atomic E-state index is 13.1. The van der Waals surface area contributed by atoms with Crippen molar-refractivity contribution in [2.45, 2.75) is 18.4 Å². The molecule has 1 aliphatic heterocycles. The molecule has 0 aliphatic carbocycles. The number of halogens is 1. The number of rotatable bonds is 3. The van der Waals surface area contributed by atoms with Crippen LogP contribution in [0.15, 0.2) is 24.3 Å². The lowest BCUT2D eigenvalue weighted by molar-refractivity contribution is -0.122. The number of nitrogens with one attached hydrogen (secondary N) is 1. The third-order valence-corrected chi connectivity index (χ3v) is 4.01. The first-order chi connectivity index (χ1) is 8.12. The number of carbonyl (C=O) groups is 1. The number of hydrogen-bond acceptors (Lipinski definition) is 3. The van der Waals surface area contributed by atoms with Gasteiger partial charge in [0.05, 0.1) is 0 Å². The van der Waals surface area contributed by atoms with Crippen molar-refractivity contribution in [1.29, 1.82) is 0 Å². The van der Waals surface area contributed by atoms with Gasteiger partial charge in [0, 0.05) is 5.69 Å². The molecule has 0 unspecified atom stereocenters.